The standard InChI is InChI=1S/C16H17NO2S/c1-11(12-6-4-3-5-7-12)19-14-9-8-13(16(17)20)10-15(14)18-2/h3-11H,1-2H3,(H2,17,20). The molecule has 2 aromatic carbocycles. The lowest BCUT2D eigenvalue weighted by Crippen LogP contribution is -2.10. The van der Waals surface area contributed by atoms with Crippen LogP contribution in [0.2, 0.25) is 0 Å². The van der Waals surface area contributed by atoms with Crippen molar-refractivity contribution in [1.29, 1.82) is 0 Å². The molecule has 0 saturated heterocycles. The highest BCUT2D eigenvalue weighted by Gasteiger charge is 2.12. The average Bonchev–Trinajstić information content (AvgIpc) is 2.48. The Labute approximate surface area is 124 Å². The molecule has 0 aliphatic rings. The van der Waals surface area contributed by atoms with Crippen LogP contribution >= 0.6 is 12.2 Å². The van der Waals surface area contributed by atoms with E-state index in [4.69, 9.17) is 27.4 Å². The molecule has 0 spiro atoms. The predicted molar refractivity (Wildman–Crippen MR) is 84.4 cm³/mol. The maximum atomic E-state index is 5.95. The predicted octanol–water partition coefficient (Wildman–Crippen LogP) is 3.47. The Balaban J connectivity index is 2.23. The van der Waals surface area contributed by atoms with Crippen LogP contribution in [-0.4, -0.2) is 12.1 Å². The van der Waals surface area contributed by atoms with Crippen molar-refractivity contribution >= 4 is 17.2 Å². The van der Waals surface area contributed by atoms with Gasteiger partial charge in [0.15, 0.2) is 11.5 Å². The Morgan fingerprint density at radius 2 is 1.80 bits per heavy atom. The second kappa shape index (κ2) is 6.39. The summed E-state index contributed by atoms with van der Waals surface area (Å²) in [5.74, 6) is 1.29. The summed E-state index contributed by atoms with van der Waals surface area (Å²) < 4.78 is 11.3. The van der Waals surface area contributed by atoms with Crippen LogP contribution in [0, 0.1) is 0 Å². The second-order valence-corrected chi connectivity index (χ2v) is 4.84. The van der Waals surface area contributed by atoms with Crippen LogP contribution in [0.3, 0.4) is 0 Å². The number of nitrogens with two attached hydrogens (primary N) is 1. The molecule has 3 nitrogen and oxygen atoms in total. The molecule has 0 bridgehead atoms. The number of benzene rings is 2. The lowest BCUT2D eigenvalue weighted by Gasteiger charge is -2.17. The molecule has 2 rings (SSSR count). The van der Waals surface area contributed by atoms with Crippen LogP contribution < -0.4 is 15.2 Å². The van der Waals surface area contributed by atoms with Crippen LogP contribution in [0.1, 0.15) is 24.2 Å². The van der Waals surface area contributed by atoms with E-state index in [1.807, 2.05) is 49.4 Å². The Morgan fingerprint density at radius 1 is 1.10 bits per heavy atom. The summed E-state index contributed by atoms with van der Waals surface area (Å²) in [6, 6.07) is 15.5. The molecule has 1 atom stereocenters. The van der Waals surface area contributed by atoms with Crippen LogP contribution in [-0.2, 0) is 0 Å². The second-order valence-electron chi connectivity index (χ2n) is 4.40. The first kappa shape index (κ1) is 14.3. The van der Waals surface area contributed by atoms with E-state index in [2.05, 4.69) is 0 Å². The summed E-state index contributed by atoms with van der Waals surface area (Å²) >= 11 is 4.96. The number of ether oxygens (including phenoxy) is 2. The molecule has 0 fully saturated rings. The molecular weight excluding hydrogens is 270 g/mol. The lowest BCUT2D eigenvalue weighted by atomic mass is 10.1. The fraction of sp³-hybridized carbons (Fsp3) is 0.188. The first-order valence-corrected chi connectivity index (χ1v) is 6.72. The van der Waals surface area contributed by atoms with Crippen LogP contribution in [0.5, 0.6) is 11.5 Å². The van der Waals surface area contributed by atoms with E-state index >= 15 is 0 Å². The molecule has 0 amide bonds. The number of methoxy groups -OCH3 is 1. The molecule has 0 aliphatic heterocycles. The highest BCUT2D eigenvalue weighted by Crippen LogP contribution is 2.31. The van der Waals surface area contributed by atoms with Crippen molar-refractivity contribution in [2.45, 2.75) is 13.0 Å². The molecule has 0 saturated carbocycles. The number of thiocarbonyl (C=S) groups is 1. The number of rotatable bonds is 5. The topological polar surface area (TPSA) is 44.5 Å². The monoisotopic (exact) mass is 287 g/mol. The van der Waals surface area contributed by atoms with Gasteiger partial charge in [0.2, 0.25) is 0 Å². The minimum atomic E-state index is -0.0687. The molecule has 20 heavy (non-hydrogen) atoms. The van der Waals surface area contributed by atoms with Gasteiger partial charge in [-0.25, -0.2) is 0 Å². The summed E-state index contributed by atoms with van der Waals surface area (Å²) in [5.41, 5.74) is 7.48. The van der Waals surface area contributed by atoms with Crippen molar-refractivity contribution in [2.24, 2.45) is 5.73 Å². The molecule has 104 valence electrons. The summed E-state index contributed by atoms with van der Waals surface area (Å²) in [6.45, 7) is 2.00. The molecule has 2 aromatic rings. The van der Waals surface area contributed by atoms with Crippen molar-refractivity contribution < 1.29 is 9.47 Å². The van der Waals surface area contributed by atoms with Gasteiger partial charge >= 0.3 is 0 Å². The molecule has 0 aliphatic carbocycles. The van der Waals surface area contributed by atoms with Gasteiger partial charge in [-0.3, -0.25) is 0 Å². The zero-order valence-electron chi connectivity index (χ0n) is 11.5. The van der Waals surface area contributed by atoms with Crippen LogP contribution in [0.4, 0.5) is 0 Å². The molecule has 0 heterocycles. The molecule has 4 heteroatoms. The molecule has 2 N–H and O–H groups in total. The number of hydrogen-bond donors (Lipinski definition) is 1. The summed E-state index contributed by atoms with van der Waals surface area (Å²) in [4.78, 5) is 0.339. The Kier molecular flexibility index (Phi) is 4.58. The summed E-state index contributed by atoms with van der Waals surface area (Å²) in [7, 11) is 1.60. The van der Waals surface area contributed by atoms with Crippen molar-refractivity contribution in [3.63, 3.8) is 0 Å². The van der Waals surface area contributed by atoms with Gasteiger partial charge in [0.25, 0.3) is 0 Å². The van der Waals surface area contributed by atoms with Gasteiger partial charge in [-0.1, -0.05) is 42.5 Å². The molecule has 0 aromatic heterocycles. The maximum absolute atomic E-state index is 5.95. The Morgan fingerprint density at radius 3 is 2.40 bits per heavy atom. The first-order valence-electron chi connectivity index (χ1n) is 6.31. The fourth-order valence-electron chi connectivity index (χ4n) is 1.90. The Bertz CT molecular complexity index is 599. The van der Waals surface area contributed by atoms with E-state index in [1.165, 1.54) is 0 Å². The first-order chi connectivity index (χ1) is 9.61. The van der Waals surface area contributed by atoms with Crippen LogP contribution in [0.15, 0.2) is 48.5 Å². The smallest absolute Gasteiger partial charge is 0.162 e. The maximum Gasteiger partial charge on any atom is 0.162 e. The molecule has 1 unspecified atom stereocenters. The summed E-state index contributed by atoms with van der Waals surface area (Å²) in [6.07, 6.45) is -0.0687. The van der Waals surface area contributed by atoms with Gasteiger partial charge in [0.1, 0.15) is 11.1 Å². The van der Waals surface area contributed by atoms with Gasteiger partial charge in [-0.05, 0) is 30.7 Å². The zero-order valence-corrected chi connectivity index (χ0v) is 12.3. The van der Waals surface area contributed by atoms with Crippen molar-refractivity contribution in [3.8, 4) is 11.5 Å². The van der Waals surface area contributed by atoms with Gasteiger partial charge in [0, 0.05) is 5.56 Å². The Hall–Kier alpha value is -2.07. The van der Waals surface area contributed by atoms with Crippen molar-refractivity contribution in [3.05, 3.63) is 59.7 Å². The average molecular weight is 287 g/mol. The van der Waals surface area contributed by atoms with Crippen LogP contribution in [0.25, 0.3) is 0 Å². The fourth-order valence-corrected chi connectivity index (χ4v) is 2.03. The van der Waals surface area contributed by atoms with Crippen molar-refractivity contribution in [2.75, 3.05) is 7.11 Å². The molecule has 0 radical (unpaired) electrons. The van der Waals surface area contributed by atoms with Gasteiger partial charge < -0.3 is 15.2 Å². The third-order valence-electron chi connectivity index (χ3n) is 3.02. The highest BCUT2D eigenvalue weighted by molar-refractivity contribution is 7.80. The van der Waals surface area contributed by atoms with E-state index in [1.54, 1.807) is 13.2 Å². The van der Waals surface area contributed by atoms with E-state index in [0.29, 0.717) is 16.5 Å². The van der Waals surface area contributed by atoms with Gasteiger partial charge in [-0.2, -0.15) is 0 Å². The highest BCUT2D eigenvalue weighted by atomic mass is 32.1. The normalized spacial score (nSPS) is 11.7. The third-order valence-corrected chi connectivity index (χ3v) is 3.26. The minimum absolute atomic E-state index is 0.0687. The number of hydrogen-bond acceptors (Lipinski definition) is 3. The van der Waals surface area contributed by atoms with Gasteiger partial charge in [-0.15, -0.1) is 0 Å². The third kappa shape index (κ3) is 3.27. The van der Waals surface area contributed by atoms with E-state index in [0.717, 1.165) is 11.1 Å². The minimum Gasteiger partial charge on any atom is -0.493 e. The largest absolute Gasteiger partial charge is 0.493 e. The van der Waals surface area contributed by atoms with E-state index in [-0.39, 0.29) is 6.10 Å². The van der Waals surface area contributed by atoms with E-state index < -0.39 is 0 Å². The van der Waals surface area contributed by atoms with Crippen molar-refractivity contribution in [1.82, 2.24) is 0 Å². The summed E-state index contributed by atoms with van der Waals surface area (Å²) in [5, 5.41) is 0. The lowest BCUT2D eigenvalue weighted by molar-refractivity contribution is 0.216. The van der Waals surface area contributed by atoms with E-state index in [9.17, 15) is 0 Å². The SMILES string of the molecule is COc1cc(C(N)=S)ccc1OC(C)c1ccccc1. The van der Waals surface area contributed by atoms with Gasteiger partial charge in [0.05, 0.1) is 7.11 Å². The quantitative estimate of drug-likeness (QED) is 0.855. The molecular formula is C16H17NO2S. The zero-order chi connectivity index (χ0) is 14.5.